The van der Waals surface area contributed by atoms with Crippen molar-refractivity contribution < 1.29 is 18.8 Å². The zero-order valence-corrected chi connectivity index (χ0v) is 17.0. The fraction of sp³-hybridized carbons (Fsp3) is 0.381. The second-order valence-electron chi connectivity index (χ2n) is 7.74. The van der Waals surface area contributed by atoms with Crippen molar-refractivity contribution in [2.45, 2.75) is 31.0 Å². The molecular weight excluding hydrogens is 404 g/mol. The maximum Gasteiger partial charge on any atom is 0.256 e. The molecule has 5 rings (SSSR count). The Labute approximate surface area is 177 Å². The summed E-state index contributed by atoms with van der Waals surface area (Å²) < 4.78 is 5.44. The molecule has 30 heavy (non-hydrogen) atoms. The van der Waals surface area contributed by atoms with Crippen LogP contribution in [0.5, 0.6) is 0 Å². The lowest BCUT2D eigenvalue weighted by Crippen LogP contribution is -2.56. The average molecular weight is 426 g/mol. The van der Waals surface area contributed by atoms with E-state index in [0.717, 1.165) is 17.2 Å². The Morgan fingerprint density at radius 1 is 1.27 bits per heavy atom. The molecule has 156 valence electrons. The van der Waals surface area contributed by atoms with E-state index in [1.54, 1.807) is 41.1 Å². The van der Waals surface area contributed by atoms with Gasteiger partial charge in [0.1, 0.15) is 11.8 Å². The fourth-order valence-corrected chi connectivity index (χ4v) is 5.19. The summed E-state index contributed by atoms with van der Waals surface area (Å²) in [5, 5.41) is 9.10. The van der Waals surface area contributed by atoms with Gasteiger partial charge >= 0.3 is 0 Å². The monoisotopic (exact) mass is 426 g/mol. The van der Waals surface area contributed by atoms with Gasteiger partial charge in [0.2, 0.25) is 11.8 Å². The third kappa shape index (κ3) is 3.48. The van der Waals surface area contributed by atoms with Crippen LogP contribution in [0.15, 0.2) is 41.0 Å². The van der Waals surface area contributed by atoms with E-state index in [-0.39, 0.29) is 29.8 Å². The minimum Gasteiger partial charge on any atom is -0.464 e. The van der Waals surface area contributed by atoms with Crippen LogP contribution < -0.4 is 16.0 Å². The van der Waals surface area contributed by atoms with Gasteiger partial charge in [-0.05, 0) is 43.2 Å². The number of hydrogen-bond acceptors (Lipinski definition) is 6. The van der Waals surface area contributed by atoms with Gasteiger partial charge in [0, 0.05) is 29.8 Å². The Hall–Kier alpha value is -2.78. The lowest BCUT2D eigenvalue weighted by Gasteiger charge is -2.37. The molecule has 2 fully saturated rings. The minimum atomic E-state index is -0.609. The first-order valence-corrected chi connectivity index (χ1v) is 11.2. The molecule has 2 aromatic rings. The van der Waals surface area contributed by atoms with Crippen molar-refractivity contribution in [2.24, 2.45) is 0 Å². The molecule has 0 radical (unpaired) electrons. The van der Waals surface area contributed by atoms with Gasteiger partial charge in [-0.15, -0.1) is 11.8 Å². The Kier molecular flexibility index (Phi) is 5.00. The van der Waals surface area contributed by atoms with Crippen LogP contribution in [0, 0.1) is 0 Å². The van der Waals surface area contributed by atoms with Gasteiger partial charge in [0.25, 0.3) is 5.91 Å². The van der Waals surface area contributed by atoms with Crippen LogP contribution in [-0.2, 0) is 9.59 Å². The number of nitrogens with one attached hydrogen (secondary N) is 3. The predicted octanol–water partition coefficient (Wildman–Crippen LogP) is 1.65. The zero-order valence-electron chi connectivity index (χ0n) is 16.2. The SMILES string of the molecule is O=C(NC1CCN2C(=O)c3cc(-c4ccco4)ccc3NC(=O)C2C1)C1CSCN1. The molecule has 9 heteroatoms. The van der Waals surface area contributed by atoms with Crippen LogP contribution in [-0.4, -0.2) is 58.9 Å². The van der Waals surface area contributed by atoms with Crippen molar-refractivity contribution in [1.82, 2.24) is 15.5 Å². The normalized spacial score (nSPS) is 25.9. The van der Waals surface area contributed by atoms with E-state index < -0.39 is 6.04 Å². The van der Waals surface area contributed by atoms with Crippen molar-refractivity contribution >= 4 is 35.2 Å². The fourth-order valence-electron chi connectivity index (χ4n) is 4.25. The second-order valence-corrected chi connectivity index (χ2v) is 8.77. The Bertz CT molecular complexity index is 987. The zero-order chi connectivity index (χ0) is 20.7. The van der Waals surface area contributed by atoms with Crippen molar-refractivity contribution in [3.05, 3.63) is 42.2 Å². The number of rotatable bonds is 3. The number of nitrogens with zero attached hydrogens (tertiary/aromatic N) is 1. The first-order chi connectivity index (χ1) is 14.6. The Balaban J connectivity index is 1.35. The van der Waals surface area contributed by atoms with Crippen molar-refractivity contribution in [3.63, 3.8) is 0 Å². The number of piperidine rings is 1. The molecule has 3 aliphatic rings. The smallest absolute Gasteiger partial charge is 0.256 e. The first kappa shape index (κ1) is 19.2. The molecule has 3 aliphatic heterocycles. The maximum absolute atomic E-state index is 13.3. The predicted molar refractivity (Wildman–Crippen MR) is 113 cm³/mol. The van der Waals surface area contributed by atoms with Gasteiger partial charge in [0.15, 0.2) is 0 Å². The lowest BCUT2D eigenvalue weighted by atomic mass is 9.95. The largest absolute Gasteiger partial charge is 0.464 e. The molecule has 8 nitrogen and oxygen atoms in total. The highest BCUT2D eigenvalue weighted by atomic mass is 32.2. The van der Waals surface area contributed by atoms with Gasteiger partial charge in [-0.3, -0.25) is 19.7 Å². The van der Waals surface area contributed by atoms with E-state index in [9.17, 15) is 14.4 Å². The standard InChI is InChI=1S/C21H22N4O4S/c26-19(16-10-30-11-22-16)23-13-5-6-25-17(9-13)20(27)24-15-4-3-12(8-14(15)21(25)28)18-2-1-7-29-18/h1-4,7-8,13,16-17,22H,5-6,9-11H2,(H,23,26)(H,24,27). The van der Waals surface area contributed by atoms with E-state index >= 15 is 0 Å². The van der Waals surface area contributed by atoms with Gasteiger partial charge in [-0.2, -0.15) is 0 Å². The van der Waals surface area contributed by atoms with Gasteiger partial charge in [0.05, 0.1) is 23.6 Å². The van der Waals surface area contributed by atoms with Gasteiger partial charge in [-0.25, -0.2) is 0 Å². The number of hydrogen-bond donors (Lipinski definition) is 3. The number of amides is 3. The van der Waals surface area contributed by atoms with Crippen LogP contribution in [0.3, 0.4) is 0 Å². The van der Waals surface area contributed by atoms with Crippen molar-refractivity contribution in [2.75, 3.05) is 23.5 Å². The summed E-state index contributed by atoms with van der Waals surface area (Å²) in [6.07, 6.45) is 2.61. The maximum atomic E-state index is 13.3. The summed E-state index contributed by atoms with van der Waals surface area (Å²) in [5.74, 6) is 1.75. The quantitative estimate of drug-likeness (QED) is 0.690. The highest BCUT2D eigenvalue weighted by Gasteiger charge is 2.40. The molecular formula is C21H22N4O4S. The Morgan fingerprint density at radius 3 is 2.93 bits per heavy atom. The van der Waals surface area contributed by atoms with Crippen LogP contribution in [0.25, 0.3) is 11.3 Å². The number of carbonyl (C=O) groups excluding carboxylic acids is 3. The molecule has 3 N–H and O–H groups in total. The van der Waals surface area contributed by atoms with E-state index in [4.69, 9.17) is 4.42 Å². The van der Waals surface area contributed by atoms with Crippen LogP contribution in [0.2, 0.25) is 0 Å². The number of furan rings is 1. The van der Waals surface area contributed by atoms with Gasteiger partial charge < -0.3 is 20.0 Å². The third-order valence-corrected chi connectivity index (χ3v) is 6.80. The lowest BCUT2D eigenvalue weighted by molar-refractivity contribution is -0.125. The summed E-state index contributed by atoms with van der Waals surface area (Å²) in [6, 6.07) is 8.01. The molecule has 1 aromatic carbocycles. The van der Waals surface area contributed by atoms with E-state index in [1.807, 2.05) is 12.1 Å². The molecule has 2 saturated heterocycles. The highest BCUT2D eigenvalue weighted by molar-refractivity contribution is 7.99. The van der Waals surface area contributed by atoms with Crippen LogP contribution in [0.4, 0.5) is 5.69 Å². The molecule has 3 unspecified atom stereocenters. The molecule has 0 bridgehead atoms. The average Bonchev–Trinajstić information content (AvgIpc) is 3.46. The minimum absolute atomic E-state index is 0.0369. The number of fused-ring (bicyclic) bond motifs is 2. The highest BCUT2D eigenvalue weighted by Crippen LogP contribution is 2.32. The second kappa shape index (κ2) is 7.81. The summed E-state index contributed by atoms with van der Waals surface area (Å²) in [4.78, 5) is 40.2. The molecule has 1 aromatic heterocycles. The number of carbonyl (C=O) groups is 3. The topological polar surface area (TPSA) is 104 Å². The van der Waals surface area contributed by atoms with Crippen molar-refractivity contribution in [3.8, 4) is 11.3 Å². The first-order valence-electron chi connectivity index (χ1n) is 10.0. The summed E-state index contributed by atoms with van der Waals surface area (Å²) in [6.45, 7) is 0.416. The van der Waals surface area contributed by atoms with E-state index in [2.05, 4.69) is 16.0 Å². The van der Waals surface area contributed by atoms with E-state index in [1.165, 1.54) is 0 Å². The molecule has 0 spiro atoms. The third-order valence-electron chi connectivity index (χ3n) is 5.86. The molecule has 3 atom stereocenters. The Morgan fingerprint density at radius 2 is 2.17 bits per heavy atom. The van der Waals surface area contributed by atoms with Crippen LogP contribution in [0.1, 0.15) is 23.2 Å². The summed E-state index contributed by atoms with van der Waals surface area (Å²) in [5.41, 5.74) is 1.74. The number of anilines is 1. The molecule has 3 amide bonds. The molecule has 0 aliphatic carbocycles. The van der Waals surface area contributed by atoms with E-state index in [0.29, 0.717) is 36.4 Å². The number of benzene rings is 1. The summed E-state index contributed by atoms with van der Waals surface area (Å²) >= 11 is 1.69. The summed E-state index contributed by atoms with van der Waals surface area (Å²) in [7, 11) is 0. The molecule has 0 saturated carbocycles. The number of thioether (sulfide) groups is 1. The van der Waals surface area contributed by atoms with Crippen molar-refractivity contribution in [1.29, 1.82) is 0 Å². The molecule has 4 heterocycles. The van der Waals surface area contributed by atoms with Gasteiger partial charge in [-0.1, -0.05) is 0 Å². The van der Waals surface area contributed by atoms with Crippen LogP contribution >= 0.6 is 11.8 Å².